The van der Waals surface area contributed by atoms with Gasteiger partial charge in [0.05, 0.1) is 12.8 Å². The van der Waals surface area contributed by atoms with Gasteiger partial charge in [0.2, 0.25) is 0 Å². The standard InChI is InChI=1S/C11H15BrN2O3S/c1-17-10-4-3-8(12)7-9(10)14-11(15)13-5-6-18(2)16/h3-4,7H,5-6H2,1-2H3,(H2,13,14,15)/t18-/m0/s1. The molecule has 0 aliphatic carbocycles. The predicted molar refractivity (Wildman–Crippen MR) is 76.6 cm³/mol. The molecule has 1 rings (SSSR count). The van der Waals surface area contributed by atoms with Gasteiger partial charge in [-0.2, -0.15) is 0 Å². The van der Waals surface area contributed by atoms with Crippen molar-refractivity contribution in [3.05, 3.63) is 22.7 Å². The van der Waals surface area contributed by atoms with Crippen LogP contribution in [0.1, 0.15) is 0 Å². The minimum Gasteiger partial charge on any atom is -0.495 e. The lowest BCUT2D eigenvalue weighted by Gasteiger charge is -2.11. The lowest BCUT2D eigenvalue weighted by molar-refractivity contribution is 0.252. The van der Waals surface area contributed by atoms with Crippen LogP contribution >= 0.6 is 15.9 Å². The first-order chi connectivity index (χ1) is 8.52. The van der Waals surface area contributed by atoms with Gasteiger partial charge in [0, 0.05) is 33.8 Å². The van der Waals surface area contributed by atoms with E-state index in [0.29, 0.717) is 23.7 Å². The quantitative estimate of drug-likeness (QED) is 0.864. The number of anilines is 1. The Labute approximate surface area is 117 Å². The summed E-state index contributed by atoms with van der Waals surface area (Å²) in [6.07, 6.45) is 1.59. The van der Waals surface area contributed by atoms with E-state index in [9.17, 15) is 9.00 Å². The van der Waals surface area contributed by atoms with Crippen LogP contribution in [0.2, 0.25) is 0 Å². The number of halogens is 1. The molecule has 7 heteroatoms. The Balaban J connectivity index is 2.58. The first-order valence-corrected chi connectivity index (χ1v) is 7.73. The molecule has 0 bridgehead atoms. The zero-order valence-corrected chi connectivity index (χ0v) is 12.6. The summed E-state index contributed by atoms with van der Waals surface area (Å²) in [6.45, 7) is 0.366. The third-order valence-corrected chi connectivity index (χ3v) is 3.36. The molecule has 5 nitrogen and oxygen atoms in total. The molecule has 0 fully saturated rings. The number of benzene rings is 1. The van der Waals surface area contributed by atoms with Crippen molar-refractivity contribution in [1.82, 2.24) is 5.32 Å². The third kappa shape index (κ3) is 5.05. The van der Waals surface area contributed by atoms with Gasteiger partial charge in [-0.1, -0.05) is 15.9 Å². The summed E-state index contributed by atoms with van der Waals surface area (Å²) in [6, 6.07) is 4.97. The molecule has 0 spiro atoms. The summed E-state index contributed by atoms with van der Waals surface area (Å²) >= 11 is 3.32. The van der Waals surface area contributed by atoms with Crippen molar-refractivity contribution in [3.8, 4) is 5.75 Å². The summed E-state index contributed by atoms with van der Waals surface area (Å²) in [5.74, 6) is 1.01. The van der Waals surface area contributed by atoms with Gasteiger partial charge in [-0.05, 0) is 18.2 Å². The second-order valence-electron chi connectivity index (χ2n) is 3.50. The zero-order chi connectivity index (χ0) is 13.5. The van der Waals surface area contributed by atoms with Crippen LogP contribution in [-0.2, 0) is 10.8 Å². The van der Waals surface area contributed by atoms with Crippen LogP contribution in [0.3, 0.4) is 0 Å². The third-order valence-electron chi connectivity index (χ3n) is 2.08. The van der Waals surface area contributed by atoms with E-state index >= 15 is 0 Å². The summed E-state index contributed by atoms with van der Waals surface area (Å²) in [7, 11) is 0.621. The maximum atomic E-state index is 11.6. The van der Waals surface area contributed by atoms with Crippen molar-refractivity contribution in [2.75, 3.05) is 31.0 Å². The van der Waals surface area contributed by atoms with E-state index in [1.165, 1.54) is 7.11 Å². The monoisotopic (exact) mass is 334 g/mol. The molecule has 0 aliphatic heterocycles. The van der Waals surface area contributed by atoms with E-state index in [2.05, 4.69) is 26.6 Å². The second-order valence-corrected chi connectivity index (χ2v) is 5.97. The number of ether oxygens (including phenoxy) is 1. The van der Waals surface area contributed by atoms with Gasteiger partial charge in [0.15, 0.2) is 0 Å². The Morgan fingerprint density at radius 3 is 2.83 bits per heavy atom. The van der Waals surface area contributed by atoms with E-state index in [1.54, 1.807) is 18.4 Å². The molecule has 1 atom stereocenters. The Hall–Kier alpha value is -1.08. The van der Waals surface area contributed by atoms with Crippen molar-refractivity contribution < 1.29 is 13.7 Å². The first-order valence-electron chi connectivity index (χ1n) is 5.21. The van der Waals surface area contributed by atoms with Crippen LogP contribution in [0.25, 0.3) is 0 Å². The number of carbonyl (C=O) groups excluding carboxylic acids is 1. The van der Waals surface area contributed by atoms with Crippen molar-refractivity contribution in [2.24, 2.45) is 0 Å². The lowest BCUT2D eigenvalue weighted by Crippen LogP contribution is -2.31. The highest BCUT2D eigenvalue weighted by molar-refractivity contribution is 9.10. The number of hydrogen-bond donors (Lipinski definition) is 2. The molecule has 0 heterocycles. The van der Waals surface area contributed by atoms with Gasteiger partial charge >= 0.3 is 6.03 Å². The molecule has 1 aromatic rings. The Bertz CT molecular complexity index is 454. The maximum Gasteiger partial charge on any atom is 0.319 e. The Morgan fingerprint density at radius 2 is 2.22 bits per heavy atom. The summed E-state index contributed by atoms with van der Waals surface area (Å²) in [5, 5.41) is 5.29. The number of amides is 2. The van der Waals surface area contributed by atoms with Crippen LogP contribution in [-0.4, -0.2) is 35.9 Å². The summed E-state index contributed by atoms with van der Waals surface area (Å²) in [5.41, 5.74) is 0.571. The average Bonchev–Trinajstić information content (AvgIpc) is 2.28. The minimum atomic E-state index is -0.913. The molecule has 0 aliphatic rings. The van der Waals surface area contributed by atoms with E-state index in [4.69, 9.17) is 4.74 Å². The SMILES string of the molecule is COc1ccc(Br)cc1NC(=O)NCC[S@](C)=O. The second kappa shape index (κ2) is 7.38. The number of urea groups is 1. The molecule has 100 valence electrons. The van der Waals surface area contributed by atoms with E-state index in [1.807, 2.05) is 6.07 Å². The molecule has 0 saturated heterocycles. The van der Waals surface area contributed by atoms with Crippen molar-refractivity contribution in [2.45, 2.75) is 0 Å². The van der Waals surface area contributed by atoms with Crippen LogP contribution in [0.15, 0.2) is 22.7 Å². The van der Waals surface area contributed by atoms with Gasteiger partial charge in [-0.3, -0.25) is 4.21 Å². The summed E-state index contributed by atoms with van der Waals surface area (Å²) in [4.78, 5) is 11.6. The minimum absolute atomic E-state index is 0.350. The Kier molecular flexibility index (Phi) is 6.14. The van der Waals surface area contributed by atoms with Gasteiger partial charge in [0.1, 0.15) is 5.75 Å². The largest absolute Gasteiger partial charge is 0.495 e. The van der Waals surface area contributed by atoms with Gasteiger partial charge in [-0.15, -0.1) is 0 Å². The molecular weight excluding hydrogens is 320 g/mol. The average molecular weight is 335 g/mol. The topological polar surface area (TPSA) is 67.4 Å². The number of methoxy groups -OCH3 is 1. The lowest BCUT2D eigenvalue weighted by atomic mass is 10.3. The van der Waals surface area contributed by atoms with Crippen LogP contribution in [0.5, 0.6) is 5.75 Å². The van der Waals surface area contributed by atoms with E-state index in [-0.39, 0.29) is 6.03 Å². The first kappa shape index (κ1) is 15.0. The predicted octanol–water partition coefficient (Wildman–Crippen LogP) is 1.96. The van der Waals surface area contributed by atoms with E-state index in [0.717, 1.165) is 4.47 Å². The molecule has 0 unspecified atom stereocenters. The van der Waals surface area contributed by atoms with Gasteiger partial charge in [0.25, 0.3) is 0 Å². The van der Waals surface area contributed by atoms with Crippen LogP contribution in [0.4, 0.5) is 10.5 Å². The maximum absolute atomic E-state index is 11.6. The highest BCUT2D eigenvalue weighted by Gasteiger charge is 2.07. The normalized spacial score (nSPS) is 11.7. The molecule has 2 amide bonds. The zero-order valence-electron chi connectivity index (χ0n) is 10.2. The van der Waals surface area contributed by atoms with Crippen molar-refractivity contribution >= 4 is 38.4 Å². The van der Waals surface area contributed by atoms with Crippen molar-refractivity contribution in [3.63, 3.8) is 0 Å². The molecule has 18 heavy (non-hydrogen) atoms. The van der Waals surface area contributed by atoms with E-state index < -0.39 is 10.8 Å². The molecule has 1 aromatic carbocycles. The van der Waals surface area contributed by atoms with Crippen molar-refractivity contribution in [1.29, 1.82) is 0 Å². The highest BCUT2D eigenvalue weighted by Crippen LogP contribution is 2.27. The van der Waals surface area contributed by atoms with Gasteiger partial charge in [-0.25, -0.2) is 4.79 Å². The fourth-order valence-corrected chi connectivity index (χ4v) is 2.00. The molecule has 0 radical (unpaired) electrons. The Morgan fingerprint density at radius 1 is 1.50 bits per heavy atom. The number of carbonyl (C=O) groups is 1. The van der Waals surface area contributed by atoms with Crippen LogP contribution in [0, 0.1) is 0 Å². The highest BCUT2D eigenvalue weighted by atomic mass is 79.9. The van der Waals surface area contributed by atoms with Gasteiger partial charge < -0.3 is 15.4 Å². The summed E-state index contributed by atoms with van der Waals surface area (Å²) < 4.78 is 16.8. The molecule has 2 N–H and O–H groups in total. The fourth-order valence-electron chi connectivity index (χ4n) is 1.25. The number of rotatable bonds is 5. The number of nitrogens with one attached hydrogen (secondary N) is 2. The number of hydrogen-bond acceptors (Lipinski definition) is 3. The molecule has 0 saturated carbocycles. The smallest absolute Gasteiger partial charge is 0.319 e. The molecular formula is C11H15BrN2O3S. The van der Waals surface area contributed by atoms with Crippen LogP contribution < -0.4 is 15.4 Å². The molecule has 0 aromatic heterocycles. The fraction of sp³-hybridized carbons (Fsp3) is 0.364.